The molecule has 1 aliphatic carbocycles. The van der Waals surface area contributed by atoms with E-state index in [4.69, 9.17) is 9.15 Å². The van der Waals surface area contributed by atoms with Crippen molar-refractivity contribution < 1.29 is 18.7 Å². The number of rotatable bonds is 6. The number of nitrogens with zero attached hydrogens (tertiary/aromatic N) is 2. The van der Waals surface area contributed by atoms with E-state index in [1.165, 1.54) is 12.8 Å². The average molecular weight is 447 g/mol. The topological polar surface area (TPSA) is 97.9 Å². The number of benzene rings is 1. The van der Waals surface area contributed by atoms with Gasteiger partial charge in [-0.05, 0) is 57.2 Å². The van der Waals surface area contributed by atoms with Crippen LogP contribution in [0, 0.1) is 19.8 Å². The fraction of sp³-hybridized carbons (Fsp3) is 0.320. The van der Waals surface area contributed by atoms with Crippen LogP contribution in [0.2, 0.25) is 0 Å². The summed E-state index contributed by atoms with van der Waals surface area (Å²) >= 11 is 0. The van der Waals surface area contributed by atoms with E-state index in [1.54, 1.807) is 49.1 Å². The molecule has 1 unspecified atom stereocenters. The standard InChI is InChI=1S/C25H26N4O4/c1-13-19(24(30)28-14(2)16-5-6-16)12-29-23(13)20(9-10-27-29)33-17-7-8-18-21(11-17)32-15(3)22(18)25(31)26-4/h7-12,14,16H,5-6H2,1-4H3,(H,26,31)(H,28,30). The predicted octanol–water partition coefficient (Wildman–Crippen LogP) is 4.38. The van der Waals surface area contributed by atoms with E-state index in [2.05, 4.69) is 22.7 Å². The van der Waals surface area contributed by atoms with E-state index < -0.39 is 0 Å². The molecule has 0 spiro atoms. The van der Waals surface area contributed by atoms with E-state index in [0.717, 1.165) is 16.5 Å². The molecular weight excluding hydrogens is 420 g/mol. The van der Waals surface area contributed by atoms with Gasteiger partial charge in [0.05, 0.1) is 17.3 Å². The maximum atomic E-state index is 12.9. The van der Waals surface area contributed by atoms with E-state index >= 15 is 0 Å². The van der Waals surface area contributed by atoms with Crippen LogP contribution in [0.25, 0.3) is 16.5 Å². The lowest BCUT2D eigenvalue weighted by atomic mass is 10.1. The average Bonchev–Trinajstić information content (AvgIpc) is 3.52. The molecule has 8 nitrogen and oxygen atoms in total. The maximum Gasteiger partial charge on any atom is 0.255 e. The molecule has 2 N–H and O–H groups in total. The third kappa shape index (κ3) is 3.71. The van der Waals surface area contributed by atoms with Gasteiger partial charge in [-0.15, -0.1) is 0 Å². The first-order valence-electron chi connectivity index (χ1n) is 11.1. The van der Waals surface area contributed by atoms with Crippen molar-refractivity contribution in [1.82, 2.24) is 20.2 Å². The zero-order valence-corrected chi connectivity index (χ0v) is 19.1. The normalized spacial score (nSPS) is 14.4. The van der Waals surface area contributed by atoms with Crippen molar-refractivity contribution in [3.63, 3.8) is 0 Å². The lowest BCUT2D eigenvalue weighted by molar-refractivity contribution is 0.0933. The van der Waals surface area contributed by atoms with Gasteiger partial charge in [0.15, 0.2) is 5.75 Å². The Morgan fingerprint density at radius 3 is 2.73 bits per heavy atom. The fourth-order valence-corrected chi connectivity index (χ4v) is 4.33. The molecule has 5 rings (SSSR count). The summed E-state index contributed by atoms with van der Waals surface area (Å²) in [5.74, 6) is 1.96. The summed E-state index contributed by atoms with van der Waals surface area (Å²) in [6.45, 7) is 5.71. The zero-order chi connectivity index (χ0) is 23.3. The van der Waals surface area contributed by atoms with Crippen LogP contribution in [0.15, 0.2) is 41.1 Å². The SMILES string of the molecule is CNC(=O)c1c(C)oc2cc(Oc3ccnn4cc(C(=O)NC(C)C5CC5)c(C)c34)ccc12. The fourth-order valence-electron chi connectivity index (χ4n) is 4.33. The molecule has 0 aliphatic heterocycles. The number of fused-ring (bicyclic) bond motifs is 2. The van der Waals surface area contributed by atoms with Gasteiger partial charge in [-0.1, -0.05) is 0 Å². The molecule has 1 fully saturated rings. The summed E-state index contributed by atoms with van der Waals surface area (Å²) in [5.41, 5.74) is 3.19. The Labute approximate surface area is 190 Å². The van der Waals surface area contributed by atoms with Gasteiger partial charge in [0.25, 0.3) is 11.8 Å². The smallest absolute Gasteiger partial charge is 0.255 e. The Hall–Kier alpha value is -3.81. The first-order chi connectivity index (χ1) is 15.9. The highest BCUT2D eigenvalue weighted by Gasteiger charge is 2.30. The van der Waals surface area contributed by atoms with Crippen molar-refractivity contribution >= 4 is 28.3 Å². The van der Waals surface area contributed by atoms with Gasteiger partial charge in [0, 0.05) is 36.8 Å². The summed E-state index contributed by atoms with van der Waals surface area (Å²) in [6.07, 6.45) is 5.71. The quantitative estimate of drug-likeness (QED) is 0.458. The van der Waals surface area contributed by atoms with Gasteiger partial charge in [0.1, 0.15) is 22.6 Å². The first-order valence-corrected chi connectivity index (χ1v) is 11.1. The minimum absolute atomic E-state index is 0.0995. The number of amides is 2. The van der Waals surface area contributed by atoms with Crippen LogP contribution in [0.3, 0.4) is 0 Å². The number of nitrogens with one attached hydrogen (secondary N) is 2. The lowest BCUT2D eigenvalue weighted by Crippen LogP contribution is -2.34. The Kier molecular flexibility index (Phi) is 5.08. The predicted molar refractivity (Wildman–Crippen MR) is 124 cm³/mol. The lowest BCUT2D eigenvalue weighted by Gasteiger charge is -2.12. The second-order valence-electron chi connectivity index (χ2n) is 8.63. The Bertz CT molecular complexity index is 1400. The first kappa shape index (κ1) is 21.1. The molecule has 1 atom stereocenters. The number of ether oxygens (including phenoxy) is 1. The maximum absolute atomic E-state index is 12.9. The van der Waals surface area contributed by atoms with Crippen LogP contribution >= 0.6 is 0 Å². The van der Waals surface area contributed by atoms with Gasteiger partial charge in [-0.3, -0.25) is 9.59 Å². The molecule has 0 saturated heterocycles. The van der Waals surface area contributed by atoms with Crippen LogP contribution < -0.4 is 15.4 Å². The minimum Gasteiger partial charge on any atom is -0.460 e. The molecule has 170 valence electrons. The van der Waals surface area contributed by atoms with Crippen molar-refractivity contribution in [3.05, 3.63) is 59.1 Å². The molecule has 8 heteroatoms. The van der Waals surface area contributed by atoms with Gasteiger partial charge in [-0.25, -0.2) is 4.52 Å². The molecule has 0 radical (unpaired) electrons. The van der Waals surface area contributed by atoms with Crippen molar-refractivity contribution in [1.29, 1.82) is 0 Å². The number of hydrogen-bond donors (Lipinski definition) is 2. The van der Waals surface area contributed by atoms with Crippen molar-refractivity contribution in [2.45, 2.75) is 39.7 Å². The molecule has 0 bridgehead atoms. The highest BCUT2D eigenvalue weighted by molar-refractivity contribution is 6.07. The summed E-state index contributed by atoms with van der Waals surface area (Å²) < 4.78 is 13.7. The zero-order valence-electron chi connectivity index (χ0n) is 19.1. The van der Waals surface area contributed by atoms with Crippen LogP contribution in [-0.2, 0) is 0 Å². The number of furan rings is 1. The summed E-state index contributed by atoms with van der Waals surface area (Å²) in [5, 5.41) is 10.8. The summed E-state index contributed by atoms with van der Waals surface area (Å²) in [7, 11) is 1.59. The Morgan fingerprint density at radius 2 is 2.00 bits per heavy atom. The van der Waals surface area contributed by atoms with Crippen LogP contribution in [-0.4, -0.2) is 34.5 Å². The minimum atomic E-state index is -0.193. The van der Waals surface area contributed by atoms with Gasteiger partial charge in [-0.2, -0.15) is 5.10 Å². The van der Waals surface area contributed by atoms with Gasteiger partial charge >= 0.3 is 0 Å². The molecule has 1 aromatic carbocycles. The third-order valence-electron chi connectivity index (χ3n) is 6.34. The second-order valence-corrected chi connectivity index (χ2v) is 8.63. The van der Waals surface area contributed by atoms with Crippen molar-refractivity contribution in [2.75, 3.05) is 7.05 Å². The second kappa shape index (κ2) is 7.95. The number of aromatic nitrogens is 2. The monoisotopic (exact) mass is 446 g/mol. The van der Waals surface area contributed by atoms with Crippen LogP contribution in [0.4, 0.5) is 0 Å². The number of aryl methyl sites for hydroxylation is 2. The number of carbonyl (C=O) groups is 2. The molecule has 33 heavy (non-hydrogen) atoms. The van der Waals surface area contributed by atoms with Crippen LogP contribution in [0.1, 0.15) is 51.8 Å². The highest BCUT2D eigenvalue weighted by atomic mass is 16.5. The van der Waals surface area contributed by atoms with Crippen LogP contribution in [0.5, 0.6) is 11.5 Å². The molecule has 1 aliphatic rings. The highest BCUT2D eigenvalue weighted by Crippen LogP contribution is 2.35. The molecule has 3 aromatic heterocycles. The summed E-state index contributed by atoms with van der Waals surface area (Å²) in [4.78, 5) is 25.1. The van der Waals surface area contributed by atoms with Gasteiger partial charge < -0.3 is 19.8 Å². The van der Waals surface area contributed by atoms with Crippen molar-refractivity contribution in [3.8, 4) is 11.5 Å². The molecule has 4 aromatic rings. The van der Waals surface area contributed by atoms with E-state index in [9.17, 15) is 9.59 Å². The van der Waals surface area contributed by atoms with E-state index in [-0.39, 0.29) is 17.9 Å². The number of hydrogen-bond acceptors (Lipinski definition) is 5. The van der Waals surface area contributed by atoms with Gasteiger partial charge in [0.2, 0.25) is 0 Å². The Morgan fingerprint density at radius 1 is 1.21 bits per heavy atom. The number of carbonyl (C=O) groups excluding carboxylic acids is 2. The molecular formula is C25H26N4O4. The third-order valence-corrected chi connectivity index (χ3v) is 6.34. The largest absolute Gasteiger partial charge is 0.460 e. The summed E-state index contributed by atoms with van der Waals surface area (Å²) in [6, 6.07) is 7.29. The van der Waals surface area contributed by atoms with E-state index in [1.807, 2.05) is 13.0 Å². The molecule has 3 heterocycles. The molecule has 2 amide bonds. The van der Waals surface area contributed by atoms with Crippen molar-refractivity contribution in [2.24, 2.45) is 5.92 Å². The Balaban J connectivity index is 1.47. The van der Waals surface area contributed by atoms with E-state index in [0.29, 0.717) is 39.9 Å². The molecule has 1 saturated carbocycles.